The van der Waals surface area contributed by atoms with Crippen LogP contribution in [-0.4, -0.2) is 17.7 Å². The molecule has 0 bridgehead atoms. The van der Waals surface area contributed by atoms with Crippen LogP contribution in [0.5, 0.6) is 11.5 Å². The number of pyridine rings is 1. The topological polar surface area (TPSA) is 80.3 Å². The summed E-state index contributed by atoms with van der Waals surface area (Å²) in [4.78, 5) is 4.81. The van der Waals surface area contributed by atoms with Gasteiger partial charge in [0.2, 0.25) is 0 Å². The lowest BCUT2D eigenvalue weighted by Crippen LogP contribution is -2.17. The molecule has 0 amide bonds. The molecule has 2 aromatic carbocycles. The summed E-state index contributed by atoms with van der Waals surface area (Å²) in [5, 5.41) is 12.5. The molecule has 0 aliphatic rings. The molecule has 2 aromatic heterocycles. The average Bonchev–Trinajstić information content (AvgIpc) is 3.40. The Bertz CT molecular complexity index is 1310. The molecule has 0 aliphatic carbocycles. The van der Waals surface area contributed by atoms with Gasteiger partial charge in [0.05, 0.1) is 54.3 Å². The number of anilines is 1. The van der Waals surface area contributed by atoms with Crippen LogP contribution in [0.25, 0.3) is 11.3 Å². The van der Waals surface area contributed by atoms with E-state index < -0.39 is 11.9 Å². The Hall–Kier alpha value is -4.31. The number of aromatic nitrogens is 1. The van der Waals surface area contributed by atoms with Crippen molar-refractivity contribution in [3.8, 4) is 28.8 Å². The highest BCUT2D eigenvalue weighted by atomic mass is 19.1. The van der Waals surface area contributed by atoms with Crippen molar-refractivity contribution in [2.75, 3.05) is 11.9 Å². The first-order valence-corrected chi connectivity index (χ1v) is 11.4. The lowest BCUT2D eigenvalue weighted by Gasteiger charge is -2.23. The maximum absolute atomic E-state index is 15.9. The zero-order valence-electron chi connectivity index (χ0n) is 19.8. The largest absolute Gasteiger partial charge is 0.494 e. The Morgan fingerprint density at radius 1 is 1.11 bits per heavy atom. The minimum atomic E-state index is -0.676. The molecule has 0 aliphatic heterocycles. The van der Waals surface area contributed by atoms with Gasteiger partial charge in [-0.05, 0) is 69.3 Å². The van der Waals surface area contributed by atoms with Gasteiger partial charge in [0.1, 0.15) is 5.75 Å². The summed E-state index contributed by atoms with van der Waals surface area (Å²) in [5.41, 5.74) is 3.67. The van der Waals surface area contributed by atoms with Crippen molar-refractivity contribution in [2.45, 2.75) is 32.9 Å². The van der Waals surface area contributed by atoms with Crippen LogP contribution in [0.4, 0.5) is 10.1 Å². The highest BCUT2D eigenvalue weighted by Crippen LogP contribution is 2.36. The van der Waals surface area contributed by atoms with Crippen molar-refractivity contribution in [1.29, 1.82) is 5.26 Å². The molecule has 0 fully saturated rings. The number of halogens is 1. The Morgan fingerprint density at radius 2 is 1.91 bits per heavy atom. The molecule has 4 rings (SSSR count). The molecule has 0 saturated carbocycles. The molecule has 6 nitrogen and oxygen atoms in total. The van der Waals surface area contributed by atoms with Gasteiger partial charge < -0.3 is 19.2 Å². The maximum atomic E-state index is 15.9. The van der Waals surface area contributed by atoms with Gasteiger partial charge in [-0.25, -0.2) is 4.39 Å². The highest BCUT2D eigenvalue weighted by molar-refractivity contribution is 5.59. The number of nitrogens with zero attached hydrogens (tertiary/aromatic N) is 2. The number of furan rings is 1. The lowest BCUT2D eigenvalue weighted by atomic mass is 10.00. The average molecular weight is 472 g/mol. The van der Waals surface area contributed by atoms with Crippen LogP contribution in [0.2, 0.25) is 0 Å². The number of hydrogen-bond donors (Lipinski definition) is 1. The SMILES string of the molecule is CCOc1cc(OC(C)C)c(F)c(C(Nc2ccc(C#N)cc2)c2cccc(-c3ccoc3)n2)c1. The van der Waals surface area contributed by atoms with Crippen LogP contribution in [0.1, 0.15) is 43.6 Å². The van der Waals surface area contributed by atoms with Crippen molar-refractivity contribution >= 4 is 5.69 Å². The van der Waals surface area contributed by atoms with Gasteiger partial charge in [-0.1, -0.05) is 6.07 Å². The number of hydrogen-bond acceptors (Lipinski definition) is 6. The van der Waals surface area contributed by atoms with Gasteiger partial charge in [0.25, 0.3) is 0 Å². The second kappa shape index (κ2) is 10.7. The van der Waals surface area contributed by atoms with E-state index in [4.69, 9.17) is 24.1 Å². The first-order chi connectivity index (χ1) is 17.0. The summed E-state index contributed by atoms with van der Waals surface area (Å²) >= 11 is 0. The minimum Gasteiger partial charge on any atom is -0.494 e. The predicted octanol–water partition coefficient (Wildman–Crippen LogP) is 6.74. The van der Waals surface area contributed by atoms with Gasteiger partial charge in [0, 0.05) is 22.9 Å². The smallest absolute Gasteiger partial charge is 0.171 e. The molecular formula is C28H26FN3O3. The van der Waals surface area contributed by atoms with Gasteiger partial charge >= 0.3 is 0 Å². The molecule has 7 heteroatoms. The normalized spacial score (nSPS) is 11.7. The van der Waals surface area contributed by atoms with E-state index in [0.717, 1.165) is 5.56 Å². The molecule has 2 heterocycles. The van der Waals surface area contributed by atoms with Gasteiger partial charge in [-0.15, -0.1) is 0 Å². The van der Waals surface area contributed by atoms with Crippen molar-refractivity contribution < 1.29 is 18.3 Å². The number of benzene rings is 2. The molecule has 0 radical (unpaired) electrons. The van der Waals surface area contributed by atoms with Crippen LogP contribution >= 0.6 is 0 Å². The predicted molar refractivity (Wildman–Crippen MR) is 132 cm³/mol. The zero-order chi connectivity index (χ0) is 24.8. The standard InChI is InChI=1S/C28H26FN3O3/c1-4-34-22-14-23(27(29)26(15-22)35-18(2)3)28(31-21-10-8-19(16-30)9-11-21)25-7-5-6-24(32-25)20-12-13-33-17-20/h5-15,17-18,28,31H,4H2,1-3H3. The molecule has 4 aromatic rings. The van der Waals surface area contributed by atoms with Gasteiger partial charge in [0.15, 0.2) is 11.6 Å². The number of ether oxygens (including phenoxy) is 2. The van der Waals surface area contributed by atoms with E-state index >= 15 is 4.39 Å². The molecule has 178 valence electrons. The van der Waals surface area contributed by atoms with E-state index in [1.807, 2.05) is 45.0 Å². The van der Waals surface area contributed by atoms with E-state index in [1.165, 1.54) is 0 Å². The molecule has 1 N–H and O–H groups in total. The molecule has 1 atom stereocenters. The molecular weight excluding hydrogens is 445 g/mol. The minimum absolute atomic E-state index is 0.110. The van der Waals surface area contributed by atoms with Crippen molar-refractivity contribution in [2.24, 2.45) is 0 Å². The first kappa shape index (κ1) is 23.8. The van der Waals surface area contributed by atoms with Crippen LogP contribution in [0, 0.1) is 17.1 Å². The lowest BCUT2D eigenvalue weighted by molar-refractivity contribution is 0.228. The number of nitrogens with one attached hydrogen (secondary N) is 1. The van der Waals surface area contributed by atoms with Crippen molar-refractivity contribution in [1.82, 2.24) is 4.98 Å². The summed E-state index contributed by atoms with van der Waals surface area (Å²) in [6.45, 7) is 5.98. The third kappa shape index (κ3) is 5.61. The summed E-state index contributed by atoms with van der Waals surface area (Å²) < 4.78 is 32.6. The van der Waals surface area contributed by atoms with Crippen LogP contribution in [0.3, 0.4) is 0 Å². The first-order valence-electron chi connectivity index (χ1n) is 11.4. The summed E-state index contributed by atoms with van der Waals surface area (Å²) in [7, 11) is 0. The Labute approximate surface area is 204 Å². The van der Waals surface area contributed by atoms with E-state index in [9.17, 15) is 0 Å². The van der Waals surface area contributed by atoms with Gasteiger partial charge in [-0.3, -0.25) is 4.98 Å². The summed E-state index contributed by atoms with van der Waals surface area (Å²) in [6, 6.07) is 19.0. The second-order valence-electron chi connectivity index (χ2n) is 8.15. The number of nitriles is 1. The quantitative estimate of drug-likeness (QED) is 0.291. The zero-order valence-corrected chi connectivity index (χ0v) is 19.8. The highest BCUT2D eigenvalue weighted by Gasteiger charge is 2.25. The fourth-order valence-electron chi connectivity index (χ4n) is 3.69. The third-order valence-electron chi connectivity index (χ3n) is 5.23. The fourth-order valence-corrected chi connectivity index (χ4v) is 3.69. The van der Waals surface area contributed by atoms with Gasteiger partial charge in [-0.2, -0.15) is 5.26 Å². The Kier molecular flexibility index (Phi) is 7.32. The number of rotatable bonds is 9. The molecule has 0 saturated heterocycles. The monoisotopic (exact) mass is 471 g/mol. The second-order valence-corrected chi connectivity index (χ2v) is 8.15. The maximum Gasteiger partial charge on any atom is 0.171 e. The Morgan fingerprint density at radius 3 is 2.57 bits per heavy atom. The molecule has 1 unspecified atom stereocenters. The fraction of sp³-hybridized carbons (Fsp3) is 0.214. The molecule has 0 spiro atoms. The summed E-state index contributed by atoms with van der Waals surface area (Å²) in [5.74, 6) is 0.111. The van der Waals surface area contributed by atoms with E-state index in [1.54, 1.807) is 48.9 Å². The van der Waals surface area contributed by atoms with E-state index in [-0.39, 0.29) is 11.9 Å². The summed E-state index contributed by atoms with van der Waals surface area (Å²) in [6.07, 6.45) is 2.97. The van der Waals surface area contributed by atoms with Crippen LogP contribution < -0.4 is 14.8 Å². The molecule has 35 heavy (non-hydrogen) atoms. The van der Waals surface area contributed by atoms with Crippen LogP contribution in [-0.2, 0) is 0 Å². The van der Waals surface area contributed by atoms with Crippen LogP contribution in [0.15, 0.2) is 77.6 Å². The Balaban J connectivity index is 1.85. The van der Waals surface area contributed by atoms with Crippen molar-refractivity contribution in [3.05, 3.63) is 95.8 Å². The van der Waals surface area contributed by atoms with Crippen molar-refractivity contribution in [3.63, 3.8) is 0 Å². The third-order valence-corrected chi connectivity index (χ3v) is 5.23. The van der Waals surface area contributed by atoms with E-state index in [2.05, 4.69) is 11.4 Å². The van der Waals surface area contributed by atoms with E-state index in [0.29, 0.717) is 40.6 Å².